The van der Waals surface area contributed by atoms with E-state index in [-0.39, 0.29) is 17.2 Å². The quantitative estimate of drug-likeness (QED) is 0.470. The molecule has 7 nitrogen and oxygen atoms in total. The third-order valence-electron chi connectivity index (χ3n) is 4.72. The van der Waals surface area contributed by atoms with Crippen LogP contribution in [0.3, 0.4) is 0 Å². The maximum absolute atomic E-state index is 12.6. The van der Waals surface area contributed by atoms with Gasteiger partial charge in [0, 0.05) is 24.7 Å². The maximum Gasteiger partial charge on any atom is 0.339 e. The Bertz CT molecular complexity index is 909. The van der Waals surface area contributed by atoms with Crippen molar-refractivity contribution in [3.05, 3.63) is 74.8 Å². The van der Waals surface area contributed by atoms with Crippen molar-refractivity contribution in [2.24, 2.45) is 0 Å². The lowest BCUT2D eigenvalue weighted by atomic mass is 9.99. The second-order valence-electron chi connectivity index (χ2n) is 6.58. The van der Waals surface area contributed by atoms with E-state index >= 15 is 0 Å². The van der Waals surface area contributed by atoms with Gasteiger partial charge in [-0.15, -0.1) is 0 Å². The highest BCUT2D eigenvalue weighted by molar-refractivity contribution is 5.93. The first-order valence-corrected chi connectivity index (χ1v) is 8.68. The van der Waals surface area contributed by atoms with Crippen molar-refractivity contribution in [1.82, 2.24) is 4.90 Å². The monoisotopic (exact) mass is 368 g/mol. The number of benzene rings is 2. The zero-order valence-corrected chi connectivity index (χ0v) is 15.2. The molecule has 27 heavy (non-hydrogen) atoms. The predicted molar refractivity (Wildman–Crippen MR) is 98.3 cm³/mol. The number of carbonyl (C=O) groups excluding carboxylic acids is 2. The van der Waals surface area contributed by atoms with E-state index in [2.05, 4.69) is 0 Å². The molecule has 1 atom stereocenters. The first-order chi connectivity index (χ1) is 12.9. The second-order valence-corrected chi connectivity index (χ2v) is 6.58. The van der Waals surface area contributed by atoms with Crippen LogP contribution in [0.2, 0.25) is 0 Å². The zero-order chi connectivity index (χ0) is 19.6. The van der Waals surface area contributed by atoms with Crippen molar-refractivity contribution in [2.45, 2.75) is 32.9 Å². The zero-order valence-electron chi connectivity index (χ0n) is 15.2. The fourth-order valence-electron chi connectivity index (χ4n) is 3.15. The number of rotatable bonds is 4. The molecule has 0 spiro atoms. The van der Waals surface area contributed by atoms with E-state index in [1.54, 1.807) is 11.8 Å². The van der Waals surface area contributed by atoms with E-state index in [1.807, 2.05) is 24.3 Å². The molecule has 0 aliphatic carbocycles. The number of ether oxygens (including phenoxy) is 1. The van der Waals surface area contributed by atoms with Gasteiger partial charge in [0.2, 0.25) is 0 Å². The lowest BCUT2D eigenvalue weighted by Crippen LogP contribution is -2.42. The Labute approximate surface area is 156 Å². The number of amides is 1. The third-order valence-corrected chi connectivity index (χ3v) is 4.72. The van der Waals surface area contributed by atoms with Crippen LogP contribution in [-0.4, -0.2) is 34.3 Å². The summed E-state index contributed by atoms with van der Waals surface area (Å²) in [6, 6.07) is 12.1. The number of esters is 1. The summed E-state index contributed by atoms with van der Waals surface area (Å²) in [7, 11) is 0. The Kier molecular flexibility index (Phi) is 5.21. The number of nitrogens with zero attached hydrogens (tertiary/aromatic N) is 2. The van der Waals surface area contributed by atoms with Crippen molar-refractivity contribution in [2.75, 3.05) is 6.54 Å². The van der Waals surface area contributed by atoms with E-state index in [0.717, 1.165) is 12.0 Å². The molecule has 0 saturated heterocycles. The second kappa shape index (κ2) is 7.57. The average Bonchev–Trinajstić information content (AvgIpc) is 2.66. The van der Waals surface area contributed by atoms with Gasteiger partial charge in [0.05, 0.1) is 10.5 Å². The summed E-state index contributed by atoms with van der Waals surface area (Å²) in [5.74, 6) is -1.03. The van der Waals surface area contributed by atoms with Crippen molar-refractivity contribution in [3.63, 3.8) is 0 Å². The third kappa shape index (κ3) is 3.97. The van der Waals surface area contributed by atoms with Crippen molar-refractivity contribution in [1.29, 1.82) is 0 Å². The van der Waals surface area contributed by atoms with Crippen molar-refractivity contribution < 1.29 is 19.2 Å². The van der Waals surface area contributed by atoms with Gasteiger partial charge in [-0.1, -0.05) is 30.3 Å². The van der Waals surface area contributed by atoms with E-state index < -0.39 is 17.0 Å². The van der Waals surface area contributed by atoms with Crippen LogP contribution in [0, 0.1) is 17.0 Å². The summed E-state index contributed by atoms with van der Waals surface area (Å²) in [6.45, 7) is 4.15. The number of nitro benzene ring substituents is 1. The molecule has 1 aliphatic rings. The minimum Gasteiger partial charge on any atom is -0.449 e. The fourth-order valence-corrected chi connectivity index (χ4v) is 3.15. The molecule has 0 unspecified atom stereocenters. The Hall–Kier alpha value is -3.22. The lowest BCUT2D eigenvalue weighted by molar-refractivity contribution is -0.385. The van der Waals surface area contributed by atoms with Crippen LogP contribution in [0.1, 0.15) is 34.0 Å². The molecule has 0 bridgehead atoms. The van der Waals surface area contributed by atoms with Crippen LogP contribution >= 0.6 is 0 Å². The van der Waals surface area contributed by atoms with Gasteiger partial charge in [0.1, 0.15) is 0 Å². The molecule has 0 saturated carbocycles. The number of hydrogen-bond donors (Lipinski definition) is 0. The minimum absolute atomic E-state index is 0.0518. The summed E-state index contributed by atoms with van der Waals surface area (Å²) in [5, 5.41) is 11.0. The van der Waals surface area contributed by atoms with E-state index in [9.17, 15) is 19.7 Å². The number of nitro groups is 1. The fraction of sp³-hybridized carbons (Fsp3) is 0.300. The number of aryl methyl sites for hydroxylation is 1. The molecule has 0 radical (unpaired) electrons. The molecular weight excluding hydrogens is 348 g/mol. The summed E-state index contributed by atoms with van der Waals surface area (Å²) in [6.07, 6.45) is -0.213. The molecule has 7 heteroatoms. The molecule has 0 N–H and O–H groups in total. The minimum atomic E-state index is -0.969. The molecule has 1 aliphatic heterocycles. The maximum atomic E-state index is 12.6. The number of hydrogen-bond acceptors (Lipinski definition) is 5. The Balaban J connectivity index is 1.67. The van der Waals surface area contributed by atoms with E-state index in [0.29, 0.717) is 18.7 Å². The van der Waals surface area contributed by atoms with Gasteiger partial charge < -0.3 is 9.64 Å². The van der Waals surface area contributed by atoms with Gasteiger partial charge in [-0.2, -0.15) is 0 Å². The topological polar surface area (TPSA) is 89.8 Å². The average molecular weight is 368 g/mol. The molecule has 140 valence electrons. The lowest BCUT2D eigenvalue weighted by Gasteiger charge is -2.30. The van der Waals surface area contributed by atoms with Crippen LogP contribution in [0.4, 0.5) is 5.69 Å². The van der Waals surface area contributed by atoms with Crippen LogP contribution in [0.5, 0.6) is 0 Å². The summed E-state index contributed by atoms with van der Waals surface area (Å²) < 4.78 is 5.26. The Morgan fingerprint density at radius 2 is 1.89 bits per heavy atom. The Morgan fingerprint density at radius 3 is 2.59 bits per heavy atom. The smallest absolute Gasteiger partial charge is 0.339 e. The van der Waals surface area contributed by atoms with Crippen LogP contribution in [-0.2, 0) is 22.5 Å². The van der Waals surface area contributed by atoms with E-state index in [4.69, 9.17) is 4.74 Å². The SMILES string of the molecule is Cc1ccc(C(=O)O[C@@H](C)C(=O)N2CCc3ccccc3C2)cc1[N+](=O)[O-]. The Morgan fingerprint density at radius 1 is 1.19 bits per heavy atom. The van der Waals surface area contributed by atoms with Gasteiger partial charge >= 0.3 is 5.97 Å². The molecule has 0 aromatic heterocycles. The van der Waals surface area contributed by atoms with Crippen LogP contribution < -0.4 is 0 Å². The van der Waals surface area contributed by atoms with Gasteiger partial charge in [-0.3, -0.25) is 14.9 Å². The summed E-state index contributed by atoms with van der Waals surface area (Å²) in [4.78, 5) is 37.1. The highest BCUT2D eigenvalue weighted by Crippen LogP contribution is 2.22. The highest BCUT2D eigenvalue weighted by atomic mass is 16.6. The molecule has 1 amide bonds. The first kappa shape index (κ1) is 18.6. The van der Waals surface area contributed by atoms with Crippen LogP contribution in [0.25, 0.3) is 0 Å². The normalized spacial score (nSPS) is 14.2. The summed E-state index contributed by atoms with van der Waals surface area (Å²) >= 11 is 0. The van der Waals surface area contributed by atoms with Gasteiger partial charge in [-0.25, -0.2) is 4.79 Å². The molecule has 3 rings (SSSR count). The van der Waals surface area contributed by atoms with E-state index in [1.165, 1.54) is 30.7 Å². The largest absolute Gasteiger partial charge is 0.449 e. The van der Waals surface area contributed by atoms with Gasteiger partial charge in [0.25, 0.3) is 11.6 Å². The molecule has 2 aromatic rings. The van der Waals surface area contributed by atoms with Crippen molar-refractivity contribution >= 4 is 17.6 Å². The predicted octanol–water partition coefficient (Wildman–Crippen LogP) is 3.03. The van der Waals surface area contributed by atoms with Gasteiger partial charge in [-0.05, 0) is 37.5 Å². The highest BCUT2D eigenvalue weighted by Gasteiger charge is 2.27. The molecule has 2 aromatic carbocycles. The molecule has 0 fully saturated rings. The number of fused-ring (bicyclic) bond motifs is 1. The van der Waals surface area contributed by atoms with Gasteiger partial charge in [0.15, 0.2) is 6.10 Å². The molecular formula is C20H20N2O5. The van der Waals surface area contributed by atoms with Crippen LogP contribution in [0.15, 0.2) is 42.5 Å². The number of carbonyl (C=O) groups is 2. The summed E-state index contributed by atoms with van der Waals surface area (Å²) in [5.41, 5.74) is 2.66. The standard InChI is InChI=1S/C20H20N2O5/c1-13-7-8-16(11-18(13)22(25)26)20(24)27-14(2)19(23)21-10-9-15-5-3-4-6-17(15)12-21/h3-8,11,14H,9-10,12H2,1-2H3/t14-/m0/s1. The first-order valence-electron chi connectivity index (χ1n) is 8.68. The molecule has 1 heterocycles. The van der Waals surface area contributed by atoms with Crippen molar-refractivity contribution in [3.8, 4) is 0 Å².